The number of nitrogens with one attached hydrogen (secondary N) is 2. The molecule has 0 saturated carbocycles. The van der Waals surface area contributed by atoms with Gasteiger partial charge in [0, 0.05) is 24.8 Å². The van der Waals surface area contributed by atoms with Gasteiger partial charge in [-0.15, -0.1) is 5.10 Å². The van der Waals surface area contributed by atoms with Crippen LogP contribution in [0.25, 0.3) is 0 Å². The molecular weight excluding hydrogens is 242 g/mol. The summed E-state index contributed by atoms with van der Waals surface area (Å²) >= 11 is 6.40. The predicted octanol–water partition coefficient (Wildman–Crippen LogP) is 2.16. The first-order valence-corrected chi connectivity index (χ1v) is 6.09. The van der Waals surface area contributed by atoms with Gasteiger partial charge in [-0.1, -0.05) is 11.3 Å². The Morgan fingerprint density at radius 3 is 2.75 bits per heavy atom. The normalized spacial score (nSPS) is 10.7. The molecule has 2 heterocycles. The Hall–Kier alpha value is -1.21. The third-order valence-corrected chi connectivity index (χ3v) is 3.56. The van der Waals surface area contributed by atoms with Crippen molar-refractivity contribution >= 4 is 28.7 Å². The smallest absolute Gasteiger partial charge is 0.204 e. The third kappa shape index (κ3) is 2.14. The largest absolute Gasteiger partial charge is 0.356 e. The quantitative estimate of drug-likeness (QED) is 0.825. The molecule has 2 aromatic heterocycles. The number of rotatable bonds is 3. The summed E-state index contributed by atoms with van der Waals surface area (Å²) in [6.07, 6.45) is 0. The second-order valence-electron chi connectivity index (χ2n) is 3.54. The number of aromatic amines is 1. The minimum Gasteiger partial charge on any atom is -0.356 e. The first kappa shape index (κ1) is 11.3. The minimum atomic E-state index is 0.683. The average molecular weight is 255 g/mol. The van der Waals surface area contributed by atoms with Crippen molar-refractivity contribution in [2.75, 3.05) is 5.32 Å². The Kier molecular flexibility index (Phi) is 3.06. The molecule has 86 valence electrons. The van der Waals surface area contributed by atoms with Gasteiger partial charge in [-0.05, 0) is 26.1 Å². The number of hydrogen-bond donors (Lipinski definition) is 2. The average Bonchev–Trinajstić information content (AvgIpc) is 2.72. The SMILES string of the molecule is Cc1nn(C)c(C)c1CNc1n[nH]c(=S)s1. The Morgan fingerprint density at radius 1 is 1.50 bits per heavy atom. The first-order chi connectivity index (χ1) is 7.58. The Labute approximate surface area is 103 Å². The highest BCUT2D eigenvalue weighted by Crippen LogP contribution is 2.16. The first-order valence-electron chi connectivity index (χ1n) is 4.86. The van der Waals surface area contributed by atoms with Crippen LogP contribution < -0.4 is 5.32 Å². The zero-order valence-electron chi connectivity index (χ0n) is 9.37. The highest BCUT2D eigenvalue weighted by Gasteiger charge is 2.09. The van der Waals surface area contributed by atoms with Crippen LogP contribution in [0.4, 0.5) is 5.13 Å². The highest BCUT2D eigenvalue weighted by molar-refractivity contribution is 7.73. The molecule has 0 amide bonds. The lowest BCUT2D eigenvalue weighted by atomic mass is 10.2. The van der Waals surface area contributed by atoms with Crippen molar-refractivity contribution in [3.8, 4) is 0 Å². The molecule has 2 aromatic rings. The Balaban J connectivity index is 2.13. The summed E-state index contributed by atoms with van der Waals surface area (Å²) in [7, 11) is 1.95. The van der Waals surface area contributed by atoms with E-state index in [9.17, 15) is 0 Å². The van der Waals surface area contributed by atoms with E-state index in [2.05, 4.69) is 27.5 Å². The van der Waals surface area contributed by atoms with Crippen LogP contribution in [0, 0.1) is 17.8 Å². The molecule has 16 heavy (non-hydrogen) atoms. The molecule has 0 spiro atoms. The van der Waals surface area contributed by atoms with Crippen LogP contribution in [-0.2, 0) is 13.6 Å². The van der Waals surface area contributed by atoms with Gasteiger partial charge in [0.25, 0.3) is 0 Å². The van der Waals surface area contributed by atoms with E-state index in [1.165, 1.54) is 22.6 Å². The van der Waals surface area contributed by atoms with Crippen LogP contribution in [-0.4, -0.2) is 20.0 Å². The molecule has 0 aliphatic heterocycles. The molecule has 5 nitrogen and oxygen atoms in total. The number of aromatic nitrogens is 4. The second-order valence-corrected chi connectivity index (χ2v) is 5.21. The monoisotopic (exact) mass is 255 g/mol. The summed E-state index contributed by atoms with van der Waals surface area (Å²) in [4.78, 5) is 0. The molecule has 0 unspecified atom stereocenters. The number of anilines is 1. The van der Waals surface area contributed by atoms with Gasteiger partial charge >= 0.3 is 0 Å². The van der Waals surface area contributed by atoms with Crippen LogP contribution in [0.2, 0.25) is 0 Å². The van der Waals surface area contributed by atoms with Crippen LogP contribution >= 0.6 is 23.6 Å². The van der Waals surface area contributed by atoms with Crippen molar-refractivity contribution in [3.63, 3.8) is 0 Å². The van der Waals surface area contributed by atoms with Crippen LogP contribution in [0.5, 0.6) is 0 Å². The predicted molar refractivity (Wildman–Crippen MR) is 67.3 cm³/mol. The topological polar surface area (TPSA) is 58.5 Å². The van der Waals surface area contributed by atoms with Crippen molar-refractivity contribution in [1.29, 1.82) is 0 Å². The van der Waals surface area contributed by atoms with Crippen molar-refractivity contribution in [1.82, 2.24) is 20.0 Å². The lowest BCUT2D eigenvalue weighted by Crippen LogP contribution is -2.02. The van der Waals surface area contributed by atoms with E-state index in [-0.39, 0.29) is 0 Å². The molecule has 0 fully saturated rings. The maximum absolute atomic E-state index is 4.96. The minimum absolute atomic E-state index is 0.683. The van der Waals surface area contributed by atoms with E-state index in [4.69, 9.17) is 12.2 Å². The van der Waals surface area contributed by atoms with Crippen molar-refractivity contribution < 1.29 is 0 Å². The molecule has 0 aliphatic carbocycles. The molecule has 0 radical (unpaired) electrons. The number of nitrogens with zero attached hydrogens (tertiary/aromatic N) is 3. The van der Waals surface area contributed by atoms with E-state index >= 15 is 0 Å². The summed E-state index contributed by atoms with van der Waals surface area (Å²) in [5, 5.41) is 15.2. The number of H-pyrrole nitrogens is 1. The summed E-state index contributed by atoms with van der Waals surface area (Å²) in [5.41, 5.74) is 3.43. The summed E-state index contributed by atoms with van der Waals surface area (Å²) in [6.45, 7) is 4.79. The van der Waals surface area contributed by atoms with Crippen molar-refractivity contribution in [2.45, 2.75) is 20.4 Å². The van der Waals surface area contributed by atoms with Gasteiger partial charge in [-0.2, -0.15) is 5.10 Å². The van der Waals surface area contributed by atoms with E-state index in [1.54, 1.807) is 0 Å². The fraction of sp³-hybridized carbons (Fsp3) is 0.444. The van der Waals surface area contributed by atoms with Crippen molar-refractivity contribution in [2.24, 2.45) is 7.05 Å². The molecule has 7 heteroatoms. The van der Waals surface area contributed by atoms with E-state index in [0.29, 0.717) is 3.95 Å². The molecule has 0 atom stereocenters. The summed E-state index contributed by atoms with van der Waals surface area (Å²) in [5.74, 6) is 0. The molecule has 0 aromatic carbocycles. The van der Waals surface area contributed by atoms with E-state index < -0.39 is 0 Å². The number of hydrogen-bond acceptors (Lipinski definition) is 5. The maximum atomic E-state index is 4.96. The molecule has 0 saturated heterocycles. The van der Waals surface area contributed by atoms with Crippen molar-refractivity contribution in [3.05, 3.63) is 20.9 Å². The van der Waals surface area contributed by atoms with Gasteiger partial charge in [0.1, 0.15) is 0 Å². The van der Waals surface area contributed by atoms with Crippen LogP contribution in [0.1, 0.15) is 17.0 Å². The third-order valence-electron chi connectivity index (χ3n) is 2.51. The zero-order valence-corrected chi connectivity index (χ0v) is 11.0. The highest BCUT2D eigenvalue weighted by atomic mass is 32.1. The Morgan fingerprint density at radius 2 is 2.25 bits per heavy atom. The van der Waals surface area contributed by atoms with E-state index in [1.807, 2.05) is 18.7 Å². The lowest BCUT2D eigenvalue weighted by Gasteiger charge is -2.02. The molecule has 0 bridgehead atoms. The summed E-state index contributed by atoms with van der Waals surface area (Å²) in [6, 6.07) is 0. The lowest BCUT2D eigenvalue weighted by molar-refractivity contribution is 0.730. The molecule has 2 N–H and O–H groups in total. The second kappa shape index (κ2) is 4.34. The molecular formula is C9H13N5S2. The van der Waals surface area contributed by atoms with Gasteiger partial charge in [0.2, 0.25) is 5.13 Å². The fourth-order valence-electron chi connectivity index (χ4n) is 1.54. The molecule has 0 aliphatic rings. The maximum Gasteiger partial charge on any atom is 0.204 e. The standard InChI is InChI=1S/C9H13N5S2/c1-5-7(6(2)14(3)13-5)4-10-8-11-12-9(15)16-8/h4H2,1-3H3,(H,10,11)(H,12,15). The van der Waals surface area contributed by atoms with Gasteiger partial charge in [-0.3, -0.25) is 9.78 Å². The number of aryl methyl sites for hydroxylation is 2. The zero-order chi connectivity index (χ0) is 11.7. The van der Waals surface area contributed by atoms with Gasteiger partial charge in [0.05, 0.1) is 5.69 Å². The van der Waals surface area contributed by atoms with Crippen LogP contribution in [0.3, 0.4) is 0 Å². The Bertz CT molecular complexity index is 550. The fourth-order valence-corrected chi connectivity index (χ4v) is 2.33. The van der Waals surface area contributed by atoms with Gasteiger partial charge in [-0.25, -0.2) is 0 Å². The van der Waals surface area contributed by atoms with Gasteiger partial charge in [0.15, 0.2) is 3.95 Å². The van der Waals surface area contributed by atoms with E-state index in [0.717, 1.165) is 17.4 Å². The summed E-state index contributed by atoms with van der Waals surface area (Å²) < 4.78 is 2.57. The molecule has 2 rings (SSSR count). The van der Waals surface area contributed by atoms with Gasteiger partial charge < -0.3 is 5.32 Å². The van der Waals surface area contributed by atoms with Crippen LogP contribution in [0.15, 0.2) is 0 Å².